The van der Waals surface area contributed by atoms with Crippen molar-refractivity contribution in [3.05, 3.63) is 54.0 Å². The Balaban J connectivity index is 1.49. The number of nitrogens with one attached hydrogen (secondary N) is 2. The molecule has 2 atom stereocenters. The summed E-state index contributed by atoms with van der Waals surface area (Å²) >= 11 is 0. The van der Waals surface area contributed by atoms with Gasteiger partial charge < -0.3 is 24.7 Å². The van der Waals surface area contributed by atoms with Crippen LogP contribution < -0.4 is 10.6 Å². The molecule has 1 aliphatic rings. The molecule has 0 aliphatic carbocycles. The van der Waals surface area contributed by atoms with Crippen LogP contribution in [0.2, 0.25) is 0 Å². The van der Waals surface area contributed by atoms with Gasteiger partial charge >= 0.3 is 6.03 Å². The second-order valence-electron chi connectivity index (χ2n) is 6.45. The van der Waals surface area contributed by atoms with Gasteiger partial charge in [-0.3, -0.25) is 4.79 Å². The van der Waals surface area contributed by atoms with E-state index in [0.29, 0.717) is 25.3 Å². The fourth-order valence-electron chi connectivity index (χ4n) is 2.94. The molecule has 3 rings (SSSR count). The number of ether oxygens (including phenoxy) is 1. The number of urea groups is 1. The molecule has 1 aromatic heterocycles. The van der Waals surface area contributed by atoms with E-state index in [9.17, 15) is 9.59 Å². The molecule has 2 heterocycles. The number of benzene rings is 1. The molecule has 138 valence electrons. The summed E-state index contributed by atoms with van der Waals surface area (Å²) in [5, 5.41) is 5.68. The highest BCUT2D eigenvalue weighted by Crippen LogP contribution is 2.13. The minimum Gasteiger partial charge on any atom is -0.459 e. The molecule has 1 fully saturated rings. The van der Waals surface area contributed by atoms with Gasteiger partial charge in [0.25, 0.3) is 5.91 Å². The lowest BCUT2D eigenvalue weighted by molar-refractivity contribution is -0.0545. The Morgan fingerprint density at radius 3 is 2.42 bits per heavy atom. The number of rotatable bonds is 4. The van der Waals surface area contributed by atoms with E-state index >= 15 is 0 Å². The Bertz CT molecular complexity index is 733. The van der Waals surface area contributed by atoms with E-state index in [1.165, 1.54) is 6.26 Å². The lowest BCUT2D eigenvalue weighted by Crippen LogP contribution is -2.51. The van der Waals surface area contributed by atoms with Gasteiger partial charge in [0.2, 0.25) is 0 Å². The lowest BCUT2D eigenvalue weighted by Gasteiger charge is -2.35. The van der Waals surface area contributed by atoms with Crippen molar-refractivity contribution in [2.75, 3.05) is 18.4 Å². The molecule has 1 aromatic carbocycles. The van der Waals surface area contributed by atoms with E-state index in [1.807, 2.05) is 26.0 Å². The van der Waals surface area contributed by atoms with Crippen LogP contribution in [-0.4, -0.2) is 42.1 Å². The molecular formula is C19H23N3O4. The third kappa shape index (κ3) is 4.64. The summed E-state index contributed by atoms with van der Waals surface area (Å²) < 4.78 is 10.7. The van der Waals surface area contributed by atoms with Gasteiger partial charge in [0.15, 0.2) is 5.76 Å². The monoisotopic (exact) mass is 357 g/mol. The first-order chi connectivity index (χ1) is 12.5. The van der Waals surface area contributed by atoms with Crippen LogP contribution in [0.4, 0.5) is 10.5 Å². The molecule has 0 saturated carbocycles. The number of carbonyl (C=O) groups is 2. The molecule has 0 spiro atoms. The van der Waals surface area contributed by atoms with Gasteiger partial charge in [0.1, 0.15) is 0 Å². The standard InChI is InChI=1S/C19H23N3O4/c1-13-11-22(12-14(2)26-13)19(24)20-10-15-5-7-16(8-6-15)21-18(23)17-4-3-9-25-17/h3-9,13-14H,10-12H2,1-2H3,(H,20,24)(H,21,23)/t13-,14+. The van der Waals surface area contributed by atoms with Gasteiger partial charge in [-0.25, -0.2) is 4.79 Å². The largest absolute Gasteiger partial charge is 0.459 e. The van der Waals surface area contributed by atoms with Crippen molar-refractivity contribution < 1.29 is 18.7 Å². The molecule has 26 heavy (non-hydrogen) atoms. The number of nitrogens with zero attached hydrogens (tertiary/aromatic N) is 1. The van der Waals surface area contributed by atoms with Crippen molar-refractivity contribution in [1.82, 2.24) is 10.2 Å². The minimum absolute atomic E-state index is 0.0431. The van der Waals surface area contributed by atoms with Gasteiger partial charge in [-0.15, -0.1) is 0 Å². The summed E-state index contributed by atoms with van der Waals surface area (Å²) in [6.45, 7) is 5.53. The number of anilines is 1. The molecule has 0 radical (unpaired) electrons. The second-order valence-corrected chi connectivity index (χ2v) is 6.45. The van der Waals surface area contributed by atoms with Crippen LogP contribution in [0.5, 0.6) is 0 Å². The Morgan fingerprint density at radius 1 is 1.12 bits per heavy atom. The van der Waals surface area contributed by atoms with Crippen molar-refractivity contribution >= 4 is 17.6 Å². The van der Waals surface area contributed by atoms with E-state index in [1.54, 1.807) is 29.2 Å². The zero-order valence-electron chi connectivity index (χ0n) is 14.9. The predicted molar refractivity (Wildman–Crippen MR) is 96.9 cm³/mol. The number of hydrogen-bond acceptors (Lipinski definition) is 4. The molecule has 0 unspecified atom stereocenters. The van der Waals surface area contributed by atoms with Crippen molar-refractivity contribution in [1.29, 1.82) is 0 Å². The third-order valence-corrected chi connectivity index (χ3v) is 4.11. The van der Waals surface area contributed by atoms with Crippen LogP contribution in [0.15, 0.2) is 47.1 Å². The van der Waals surface area contributed by atoms with Gasteiger partial charge in [-0.05, 0) is 43.7 Å². The smallest absolute Gasteiger partial charge is 0.317 e. The Labute approximate surface area is 152 Å². The van der Waals surface area contributed by atoms with Crippen molar-refractivity contribution in [2.45, 2.75) is 32.6 Å². The van der Waals surface area contributed by atoms with E-state index in [2.05, 4.69) is 10.6 Å². The van der Waals surface area contributed by atoms with Crippen LogP contribution in [0, 0.1) is 0 Å². The normalized spacial score (nSPS) is 19.8. The first-order valence-electron chi connectivity index (χ1n) is 8.63. The van der Waals surface area contributed by atoms with E-state index in [-0.39, 0.29) is 29.9 Å². The van der Waals surface area contributed by atoms with Crippen molar-refractivity contribution in [2.24, 2.45) is 0 Å². The molecule has 2 N–H and O–H groups in total. The summed E-state index contributed by atoms with van der Waals surface area (Å²) in [6, 6.07) is 10.5. The van der Waals surface area contributed by atoms with Crippen LogP contribution >= 0.6 is 0 Å². The average molecular weight is 357 g/mol. The summed E-state index contributed by atoms with van der Waals surface area (Å²) in [5.41, 5.74) is 1.61. The Kier molecular flexibility index (Phi) is 5.58. The predicted octanol–water partition coefficient (Wildman–Crippen LogP) is 2.85. The molecule has 3 amide bonds. The van der Waals surface area contributed by atoms with Crippen LogP contribution in [0.1, 0.15) is 30.0 Å². The number of amides is 3. The van der Waals surface area contributed by atoms with Gasteiger partial charge in [0.05, 0.1) is 18.5 Å². The molecule has 1 saturated heterocycles. The third-order valence-electron chi connectivity index (χ3n) is 4.11. The molecule has 7 nitrogen and oxygen atoms in total. The number of carbonyl (C=O) groups excluding carboxylic acids is 2. The molecule has 7 heteroatoms. The maximum atomic E-state index is 12.3. The summed E-state index contributed by atoms with van der Waals surface area (Å²) in [7, 11) is 0. The highest BCUT2D eigenvalue weighted by Gasteiger charge is 2.25. The average Bonchev–Trinajstić information content (AvgIpc) is 3.15. The zero-order chi connectivity index (χ0) is 18.5. The van der Waals surface area contributed by atoms with Crippen LogP contribution in [0.3, 0.4) is 0 Å². The number of furan rings is 1. The maximum Gasteiger partial charge on any atom is 0.317 e. The number of morpholine rings is 1. The molecular weight excluding hydrogens is 334 g/mol. The molecule has 1 aliphatic heterocycles. The van der Waals surface area contributed by atoms with Gasteiger partial charge in [0, 0.05) is 25.3 Å². The second kappa shape index (κ2) is 8.05. The van der Waals surface area contributed by atoms with Crippen LogP contribution in [0.25, 0.3) is 0 Å². The summed E-state index contributed by atoms with van der Waals surface area (Å²) in [4.78, 5) is 26.0. The quantitative estimate of drug-likeness (QED) is 0.881. The number of hydrogen-bond donors (Lipinski definition) is 2. The fraction of sp³-hybridized carbons (Fsp3) is 0.368. The first kappa shape index (κ1) is 18.0. The van der Waals surface area contributed by atoms with Gasteiger partial charge in [-0.2, -0.15) is 0 Å². The SMILES string of the molecule is C[C@@H]1CN(C(=O)NCc2ccc(NC(=O)c3ccco3)cc2)C[C@H](C)O1. The highest BCUT2D eigenvalue weighted by molar-refractivity contribution is 6.02. The van der Waals surface area contributed by atoms with Crippen LogP contribution in [-0.2, 0) is 11.3 Å². The molecule has 2 aromatic rings. The van der Waals surface area contributed by atoms with E-state index < -0.39 is 0 Å². The minimum atomic E-state index is -0.299. The Morgan fingerprint density at radius 2 is 1.81 bits per heavy atom. The van der Waals surface area contributed by atoms with Gasteiger partial charge in [-0.1, -0.05) is 12.1 Å². The lowest BCUT2D eigenvalue weighted by atomic mass is 10.2. The Hall–Kier alpha value is -2.80. The van der Waals surface area contributed by atoms with E-state index in [4.69, 9.17) is 9.15 Å². The maximum absolute atomic E-state index is 12.3. The fourth-order valence-corrected chi connectivity index (χ4v) is 2.94. The van der Waals surface area contributed by atoms with Crippen molar-refractivity contribution in [3.8, 4) is 0 Å². The molecule has 0 bridgehead atoms. The highest BCUT2D eigenvalue weighted by atomic mass is 16.5. The van der Waals surface area contributed by atoms with Crippen molar-refractivity contribution in [3.63, 3.8) is 0 Å². The van der Waals surface area contributed by atoms with E-state index in [0.717, 1.165) is 5.56 Å². The summed E-state index contributed by atoms with van der Waals surface area (Å²) in [5.74, 6) is -0.0399. The topological polar surface area (TPSA) is 83.8 Å². The zero-order valence-corrected chi connectivity index (χ0v) is 14.9. The first-order valence-corrected chi connectivity index (χ1v) is 8.63. The summed E-state index contributed by atoms with van der Waals surface area (Å²) in [6.07, 6.45) is 1.54.